The van der Waals surface area contributed by atoms with Crippen LogP contribution in [0.3, 0.4) is 0 Å². The van der Waals surface area contributed by atoms with Crippen molar-refractivity contribution in [3.05, 3.63) is 0 Å². The first-order valence-electron chi connectivity index (χ1n) is 38.8. The fourth-order valence-corrected chi connectivity index (χ4v) is 14.0. The van der Waals surface area contributed by atoms with Gasteiger partial charge in [0.05, 0.1) is 13.2 Å². The molecule has 1 saturated carbocycles. The molecular formula is C73H137O24P. The van der Waals surface area contributed by atoms with Gasteiger partial charge in [0.1, 0.15) is 98.7 Å². The van der Waals surface area contributed by atoms with Crippen LogP contribution in [-0.4, -0.2) is 204 Å². The van der Waals surface area contributed by atoms with Gasteiger partial charge in [-0.05, 0) is 19.3 Å². The highest BCUT2D eigenvalue weighted by molar-refractivity contribution is 7.47. The number of hydrogen-bond donors (Lipinski definition) is 11. The summed E-state index contributed by atoms with van der Waals surface area (Å²) in [5.41, 5.74) is 0. The molecule has 2 aliphatic heterocycles. The number of phosphoric ester groups is 1. The van der Waals surface area contributed by atoms with Gasteiger partial charge in [0.15, 0.2) is 18.7 Å². The van der Waals surface area contributed by atoms with Crippen LogP contribution in [0.2, 0.25) is 0 Å². The van der Waals surface area contributed by atoms with Gasteiger partial charge >= 0.3 is 25.7 Å². The zero-order chi connectivity index (χ0) is 71.8. The number of ether oxygens (including phenoxy) is 7. The smallest absolute Gasteiger partial charge is 0.463 e. The molecule has 3 rings (SSSR count). The number of carbonyl (C=O) groups excluding carboxylic acids is 3. The zero-order valence-corrected chi connectivity index (χ0v) is 61.2. The van der Waals surface area contributed by atoms with Gasteiger partial charge in [-0.15, -0.1) is 0 Å². The van der Waals surface area contributed by atoms with E-state index in [9.17, 15) is 74.9 Å². The van der Waals surface area contributed by atoms with Crippen molar-refractivity contribution >= 4 is 25.7 Å². The Kier molecular flexibility index (Phi) is 51.0. The largest absolute Gasteiger partial charge is 0.472 e. The molecule has 2 saturated heterocycles. The summed E-state index contributed by atoms with van der Waals surface area (Å²) in [4.78, 5) is 51.0. The molecule has 1 aliphatic carbocycles. The summed E-state index contributed by atoms with van der Waals surface area (Å²) in [7, 11) is -5.69. The Morgan fingerprint density at radius 1 is 0.357 bits per heavy atom. The summed E-state index contributed by atoms with van der Waals surface area (Å²) < 4.78 is 65.1. The van der Waals surface area contributed by atoms with Crippen LogP contribution in [0.1, 0.15) is 316 Å². The molecule has 18 atom stereocenters. The Balaban J connectivity index is 1.71. The summed E-state index contributed by atoms with van der Waals surface area (Å²) in [5.74, 6) is -1.97. The van der Waals surface area contributed by atoms with Gasteiger partial charge < -0.3 is 89.1 Å². The Morgan fingerprint density at radius 3 is 1.00 bits per heavy atom. The average molecular weight is 1430 g/mol. The van der Waals surface area contributed by atoms with Crippen LogP contribution in [0.25, 0.3) is 0 Å². The van der Waals surface area contributed by atoms with Crippen LogP contribution >= 0.6 is 7.82 Å². The number of aliphatic hydroxyl groups is 10. The van der Waals surface area contributed by atoms with Gasteiger partial charge in [0, 0.05) is 19.3 Å². The summed E-state index contributed by atoms with van der Waals surface area (Å²) in [5, 5.41) is 110. The van der Waals surface area contributed by atoms with Gasteiger partial charge in [-0.3, -0.25) is 23.4 Å². The van der Waals surface area contributed by atoms with Crippen molar-refractivity contribution in [1.82, 2.24) is 0 Å². The predicted octanol–water partition coefficient (Wildman–Crippen LogP) is 11.0. The minimum Gasteiger partial charge on any atom is -0.463 e. The molecule has 3 aliphatic rings. The molecule has 0 spiro atoms. The minimum absolute atomic E-state index is 0.0333. The maximum Gasteiger partial charge on any atom is 0.472 e. The number of phosphoric acid groups is 1. The summed E-state index contributed by atoms with van der Waals surface area (Å²) in [6, 6.07) is 0. The van der Waals surface area contributed by atoms with Crippen LogP contribution in [-0.2, 0) is 61.2 Å². The van der Waals surface area contributed by atoms with Gasteiger partial charge in [-0.25, -0.2) is 4.57 Å². The molecule has 18 unspecified atom stereocenters. The maximum absolute atomic E-state index is 14.3. The monoisotopic (exact) mass is 1430 g/mol. The van der Waals surface area contributed by atoms with Gasteiger partial charge in [-0.2, -0.15) is 0 Å². The van der Waals surface area contributed by atoms with Crippen molar-refractivity contribution in [3.63, 3.8) is 0 Å². The van der Waals surface area contributed by atoms with E-state index < -0.39 is 156 Å². The normalized spacial score (nSPS) is 27.6. The number of aliphatic hydroxyl groups excluding tert-OH is 10. The lowest BCUT2D eigenvalue weighted by atomic mass is 9.84. The van der Waals surface area contributed by atoms with Crippen LogP contribution in [0, 0.1) is 0 Å². The lowest BCUT2D eigenvalue weighted by molar-refractivity contribution is -0.360. The molecule has 0 aromatic carbocycles. The second-order valence-electron chi connectivity index (χ2n) is 28.1. The highest BCUT2D eigenvalue weighted by atomic mass is 31.2. The quantitative estimate of drug-likeness (QED) is 0.0117. The number of rotatable bonds is 61. The molecular weight excluding hydrogens is 1290 g/mol. The standard InChI is InChI=1S/C73H137O24P/c1-4-7-10-13-16-19-22-25-27-28-31-33-36-39-42-45-48-58(76)90-53-56-61(79)63(81)68(86)73(94-56)96-70-66(84)64(82)65(83)69(95-72-67(85)62(80)60(78)55(50-74)93-72)71(70)97-98(87,88)91-52-54(92-59(77)49-46-43-40-37-34-29-24-21-18-15-12-9-6-3)51-89-57(75)47-44-41-38-35-32-30-26-23-20-17-14-11-8-5-2/h54-56,60-74,78-86H,4-53H2,1-3H3,(H,87,88). The van der Waals surface area contributed by atoms with Crippen molar-refractivity contribution in [3.8, 4) is 0 Å². The van der Waals surface area contributed by atoms with Gasteiger partial charge in [0.2, 0.25) is 0 Å². The van der Waals surface area contributed by atoms with Gasteiger partial charge in [0.25, 0.3) is 0 Å². The molecule has 578 valence electrons. The Bertz CT molecular complexity index is 2030. The number of carbonyl (C=O) groups is 3. The molecule has 0 aromatic heterocycles. The first-order chi connectivity index (χ1) is 47.3. The van der Waals surface area contributed by atoms with Crippen LogP contribution in [0.15, 0.2) is 0 Å². The summed E-state index contributed by atoms with van der Waals surface area (Å²) in [6.07, 6.45) is 13.0. The van der Waals surface area contributed by atoms with E-state index >= 15 is 0 Å². The van der Waals surface area contributed by atoms with Crippen molar-refractivity contribution < 1.29 is 117 Å². The second-order valence-corrected chi connectivity index (χ2v) is 29.5. The molecule has 25 heteroatoms. The summed E-state index contributed by atoms with van der Waals surface area (Å²) >= 11 is 0. The first-order valence-corrected chi connectivity index (χ1v) is 40.3. The fraction of sp³-hybridized carbons (Fsp3) is 0.959. The van der Waals surface area contributed by atoms with E-state index in [1.807, 2.05) is 0 Å². The van der Waals surface area contributed by atoms with Crippen LogP contribution in [0.4, 0.5) is 0 Å². The highest BCUT2D eigenvalue weighted by Crippen LogP contribution is 2.49. The van der Waals surface area contributed by atoms with E-state index in [2.05, 4.69) is 20.8 Å². The Labute approximate surface area is 587 Å². The van der Waals surface area contributed by atoms with E-state index in [0.717, 1.165) is 89.9 Å². The molecule has 11 N–H and O–H groups in total. The predicted molar refractivity (Wildman–Crippen MR) is 370 cm³/mol. The number of unbranched alkanes of at least 4 members (excludes halogenated alkanes) is 40. The summed E-state index contributed by atoms with van der Waals surface area (Å²) in [6.45, 7) is 3.48. The second kappa shape index (κ2) is 55.4. The molecule has 0 radical (unpaired) electrons. The molecule has 0 bridgehead atoms. The molecule has 3 fully saturated rings. The van der Waals surface area contributed by atoms with E-state index in [0.29, 0.717) is 19.3 Å². The topological polar surface area (TPSA) is 374 Å². The zero-order valence-electron chi connectivity index (χ0n) is 60.3. The highest BCUT2D eigenvalue weighted by Gasteiger charge is 2.58. The molecule has 98 heavy (non-hydrogen) atoms. The maximum atomic E-state index is 14.3. The first kappa shape index (κ1) is 90.2. The number of hydrogen-bond acceptors (Lipinski definition) is 23. The van der Waals surface area contributed by atoms with E-state index in [-0.39, 0.29) is 19.3 Å². The van der Waals surface area contributed by atoms with E-state index in [1.165, 1.54) is 167 Å². The number of esters is 3. The SMILES string of the molecule is CCCCCCCCCCCCCCCCCCC(=O)OCC1OC(OC2C(O)C(O)C(O)C(OC3OC(CO)C(O)C(O)C3O)C2OP(=O)(O)OCC(COC(=O)CCCCCCCCCCCCCCCC)OC(=O)CCCCCCCCCCCCCCC)C(O)C(O)C1O. The van der Waals surface area contributed by atoms with E-state index in [4.69, 9.17) is 42.2 Å². The Hall–Kier alpha value is -2.04. The minimum atomic E-state index is -5.69. The third kappa shape index (κ3) is 38.1. The third-order valence-electron chi connectivity index (χ3n) is 19.4. The van der Waals surface area contributed by atoms with Gasteiger partial charge in [-0.1, -0.05) is 278 Å². The third-order valence-corrected chi connectivity index (χ3v) is 20.4. The van der Waals surface area contributed by atoms with Crippen LogP contribution in [0.5, 0.6) is 0 Å². The molecule has 0 amide bonds. The molecule has 24 nitrogen and oxygen atoms in total. The fourth-order valence-electron chi connectivity index (χ4n) is 13.1. The Morgan fingerprint density at radius 2 is 0.653 bits per heavy atom. The van der Waals surface area contributed by atoms with Crippen LogP contribution < -0.4 is 0 Å². The molecule has 2 heterocycles. The van der Waals surface area contributed by atoms with E-state index in [1.54, 1.807) is 0 Å². The lowest BCUT2D eigenvalue weighted by Gasteiger charge is -2.49. The van der Waals surface area contributed by atoms with Crippen molar-refractivity contribution in [1.29, 1.82) is 0 Å². The lowest BCUT2D eigenvalue weighted by Crippen LogP contribution is -2.69. The molecule has 0 aromatic rings. The van der Waals surface area contributed by atoms with Crippen molar-refractivity contribution in [2.45, 2.75) is 420 Å². The van der Waals surface area contributed by atoms with Crippen molar-refractivity contribution in [2.75, 3.05) is 26.4 Å². The van der Waals surface area contributed by atoms with Crippen molar-refractivity contribution in [2.24, 2.45) is 0 Å². The average Bonchev–Trinajstić information content (AvgIpc) is 0.761.